The molecule has 2 rings (SSSR count). The SMILES string of the molecule is CNC(c1c(OC)cnn1C)C1CCCCS1(=O)=O. The van der Waals surface area contributed by atoms with E-state index >= 15 is 0 Å². The van der Waals surface area contributed by atoms with Gasteiger partial charge in [-0.25, -0.2) is 8.42 Å². The molecule has 1 aliphatic heterocycles. The maximum absolute atomic E-state index is 12.3. The van der Waals surface area contributed by atoms with Gasteiger partial charge >= 0.3 is 0 Å². The van der Waals surface area contributed by atoms with Gasteiger partial charge in [-0.15, -0.1) is 0 Å². The van der Waals surface area contributed by atoms with Gasteiger partial charge in [-0.2, -0.15) is 5.10 Å². The summed E-state index contributed by atoms with van der Waals surface area (Å²) in [5.41, 5.74) is 0.792. The summed E-state index contributed by atoms with van der Waals surface area (Å²) in [5, 5.41) is 6.87. The lowest BCUT2D eigenvalue weighted by molar-refractivity contribution is 0.387. The monoisotopic (exact) mass is 287 g/mol. The van der Waals surface area contributed by atoms with E-state index in [1.165, 1.54) is 0 Å². The van der Waals surface area contributed by atoms with E-state index in [-0.39, 0.29) is 11.8 Å². The van der Waals surface area contributed by atoms with Crippen LogP contribution in [0.5, 0.6) is 5.75 Å². The number of ether oxygens (including phenoxy) is 1. The highest BCUT2D eigenvalue weighted by molar-refractivity contribution is 7.92. The van der Waals surface area contributed by atoms with Crippen LogP contribution in [0.4, 0.5) is 0 Å². The second kappa shape index (κ2) is 5.50. The molecule has 0 aromatic carbocycles. The summed E-state index contributed by atoms with van der Waals surface area (Å²) < 4.78 is 31.5. The standard InChI is InChI=1S/C12H21N3O3S/c1-13-11(10-6-4-5-7-19(10,16)17)12-9(18-3)8-14-15(12)2/h8,10-11,13H,4-7H2,1-3H3. The van der Waals surface area contributed by atoms with Gasteiger partial charge in [-0.1, -0.05) is 6.42 Å². The molecule has 108 valence electrons. The number of hydrogen-bond donors (Lipinski definition) is 1. The van der Waals surface area contributed by atoms with Crippen molar-refractivity contribution in [3.05, 3.63) is 11.9 Å². The van der Waals surface area contributed by atoms with Crippen molar-refractivity contribution in [1.29, 1.82) is 0 Å². The van der Waals surface area contributed by atoms with E-state index < -0.39 is 15.1 Å². The highest BCUT2D eigenvalue weighted by atomic mass is 32.2. The number of rotatable bonds is 4. The topological polar surface area (TPSA) is 73.2 Å². The number of hydrogen-bond acceptors (Lipinski definition) is 5. The molecular formula is C12H21N3O3S. The average Bonchev–Trinajstić information content (AvgIpc) is 2.74. The van der Waals surface area contributed by atoms with Crippen LogP contribution in [0.25, 0.3) is 0 Å². The number of methoxy groups -OCH3 is 1. The zero-order chi connectivity index (χ0) is 14.0. The van der Waals surface area contributed by atoms with Crippen molar-refractivity contribution in [2.24, 2.45) is 7.05 Å². The maximum Gasteiger partial charge on any atom is 0.161 e. The molecule has 1 fully saturated rings. The van der Waals surface area contributed by atoms with Crippen molar-refractivity contribution in [1.82, 2.24) is 15.1 Å². The minimum atomic E-state index is -3.06. The van der Waals surface area contributed by atoms with E-state index in [9.17, 15) is 8.42 Å². The minimum Gasteiger partial charge on any atom is -0.493 e. The molecule has 1 aromatic heterocycles. The Morgan fingerprint density at radius 1 is 1.53 bits per heavy atom. The second-order valence-corrected chi connectivity index (χ2v) is 7.23. The molecular weight excluding hydrogens is 266 g/mol. The fourth-order valence-electron chi connectivity index (χ4n) is 2.79. The predicted octanol–water partition coefficient (Wildman–Crippen LogP) is 0.656. The van der Waals surface area contributed by atoms with Crippen molar-refractivity contribution in [2.75, 3.05) is 19.9 Å². The molecule has 0 amide bonds. The lowest BCUT2D eigenvalue weighted by Crippen LogP contribution is -2.40. The summed E-state index contributed by atoms with van der Waals surface area (Å²) >= 11 is 0. The third-order valence-corrected chi connectivity index (χ3v) is 6.06. The Hall–Kier alpha value is -1.08. The van der Waals surface area contributed by atoms with Gasteiger partial charge in [-0.3, -0.25) is 4.68 Å². The van der Waals surface area contributed by atoms with Crippen LogP contribution in [0.2, 0.25) is 0 Å². The Morgan fingerprint density at radius 2 is 2.26 bits per heavy atom. The van der Waals surface area contributed by atoms with Crippen molar-refractivity contribution in [3.63, 3.8) is 0 Å². The molecule has 0 saturated carbocycles. The third-order valence-electron chi connectivity index (χ3n) is 3.78. The van der Waals surface area contributed by atoms with E-state index in [2.05, 4.69) is 10.4 Å². The van der Waals surface area contributed by atoms with Crippen LogP contribution in [0.15, 0.2) is 6.20 Å². The first-order valence-corrected chi connectivity index (χ1v) is 8.17. The summed E-state index contributed by atoms with van der Waals surface area (Å²) in [6, 6.07) is -0.284. The van der Waals surface area contributed by atoms with E-state index in [1.807, 2.05) is 0 Å². The van der Waals surface area contributed by atoms with Gasteiger partial charge in [0.25, 0.3) is 0 Å². The quantitative estimate of drug-likeness (QED) is 0.880. The van der Waals surface area contributed by atoms with Crippen LogP contribution in [-0.2, 0) is 16.9 Å². The first kappa shape index (κ1) is 14.3. The first-order chi connectivity index (χ1) is 9.01. The molecule has 6 nitrogen and oxygen atoms in total. The van der Waals surface area contributed by atoms with Gasteiger partial charge in [-0.05, 0) is 19.9 Å². The lowest BCUT2D eigenvalue weighted by atomic mass is 10.0. The van der Waals surface area contributed by atoms with Crippen LogP contribution >= 0.6 is 0 Å². The fourth-order valence-corrected chi connectivity index (χ4v) is 4.91. The number of nitrogens with one attached hydrogen (secondary N) is 1. The summed E-state index contributed by atoms with van der Waals surface area (Å²) in [4.78, 5) is 0. The second-order valence-electron chi connectivity index (χ2n) is 4.89. The Bertz CT molecular complexity index is 538. The third kappa shape index (κ3) is 2.62. The first-order valence-electron chi connectivity index (χ1n) is 6.46. The van der Waals surface area contributed by atoms with Crippen LogP contribution in [0.3, 0.4) is 0 Å². The summed E-state index contributed by atoms with van der Waals surface area (Å²) in [5.74, 6) is 0.901. The van der Waals surface area contributed by atoms with Crippen molar-refractivity contribution < 1.29 is 13.2 Å². The zero-order valence-electron chi connectivity index (χ0n) is 11.6. The molecule has 1 aliphatic rings. The molecule has 19 heavy (non-hydrogen) atoms. The number of sulfone groups is 1. The molecule has 1 N–H and O–H groups in total. The molecule has 1 saturated heterocycles. The van der Waals surface area contributed by atoms with Gasteiger partial charge in [0.05, 0.1) is 36.0 Å². The van der Waals surface area contributed by atoms with Crippen LogP contribution in [0, 0.1) is 0 Å². The molecule has 2 heterocycles. The smallest absolute Gasteiger partial charge is 0.161 e. The van der Waals surface area contributed by atoms with E-state index in [0.29, 0.717) is 12.2 Å². The normalized spacial score (nSPS) is 24.1. The fraction of sp³-hybridized carbons (Fsp3) is 0.750. The van der Waals surface area contributed by atoms with E-state index in [4.69, 9.17) is 4.74 Å². The molecule has 0 spiro atoms. The molecule has 0 aliphatic carbocycles. The minimum absolute atomic E-state index is 0.274. The molecule has 2 unspecified atom stereocenters. The van der Waals surface area contributed by atoms with E-state index in [1.54, 1.807) is 32.1 Å². The molecule has 0 radical (unpaired) electrons. The summed E-state index contributed by atoms with van der Waals surface area (Å²) in [7, 11) is 2.09. The van der Waals surface area contributed by atoms with Gasteiger partial charge in [0, 0.05) is 7.05 Å². The Labute approximate surface area is 114 Å². The summed E-state index contributed by atoms with van der Waals surface area (Å²) in [6.45, 7) is 0. The average molecular weight is 287 g/mol. The van der Waals surface area contributed by atoms with Gasteiger partial charge in [0.1, 0.15) is 0 Å². The highest BCUT2D eigenvalue weighted by Gasteiger charge is 2.38. The predicted molar refractivity (Wildman–Crippen MR) is 73.0 cm³/mol. The van der Waals surface area contributed by atoms with Crippen LogP contribution < -0.4 is 10.1 Å². The van der Waals surface area contributed by atoms with E-state index in [0.717, 1.165) is 18.5 Å². The van der Waals surface area contributed by atoms with Gasteiger partial charge in [0.15, 0.2) is 15.6 Å². The Kier molecular flexibility index (Phi) is 4.15. The zero-order valence-corrected chi connectivity index (χ0v) is 12.4. The summed E-state index contributed by atoms with van der Waals surface area (Å²) in [6.07, 6.45) is 4.01. The molecule has 7 heteroatoms. The van der Waals surface area contributed by atoms with Crippen LogP contribution in [-0.4, -0.2) is 43.4 Å². The lowest BCUT2D eigenvalue weighted by Gasteiger charge is -2.30. The van der Waals surface area contributed by atoms with Gasteiger partial charge in [0.2, 0.25) is 0 Å². The number of aryl methyl sites for hydroxylation is 1. The van der Waals surface area contributed by atoms with Crippen molar-refractivity contribution in [2.45, 2.75) is 30.6 Å². The molecule has 1 aromatic rings. The largest absolute Gasteiger partial charge is 0.493 e. The number of aromatic nitrogens is 2. The van der Waals surface area contributed by atoms with Crippen molar-refractivity contribution >= 4 is 9.84 Å². The molecule has 2 atom stereocenters. The Balaban J connectivity index is 2.41. The maximum atomic E-state index is 12.3. The molecule has 0 bridgehead atoms. The van der Waals surface area contributed by atoms with Crippen LogP contribution in [0.1, 0.15) is 31.0 Å². The Morgan fingerprint density at radius 3 is 2.84 bits per heavy atom. The van der Waals surface area contributed by atoms with Gasteiger partial charge < -0.3 is 10.1 Å². The van der Waals surface area contributed by atoms with Crippen molar-refractivity contribution in [3.8, 4) is 5.75 Å². The highest BCUT2D eigenvalue weighted by Crippen LogP contribution is 2.34. The number of nitrogens with zero attached hydrogens (tertiary/aromatic N) is 2.